The van der Waals surface area contributed by atoms with Crippen molar-refractivity contribution in [3.8, 4) is 0 Å². The van der Waals surface area contributed by atoms with E-state index in [-0.39, 0.29) is 0 Å². The molecule has 0 aliphatic carbocycles. The largest absolute Gasteiger partial charge is 0.298 e. The number of rotatable bonds is 3. The number of halogens is 2. The van der Waals surface area contributed by atoms with E-state index in [1.165, 1.54) is 24.1 Å². The van der Waals surface area contributed by atoms with E-state index in [0.29, 0.717) is 11.7 Å². The molecule has 0 saturated carbocycles. The van der Waals surface area contributed by atoms with Gasteiger partial charge >= 0.3 is 0 Å². The van der Waals surface area contributed by atoms with Crippen LogP contribution in [0.25, 0.3) is 5.78 Å². The van der Waals surface area contributed by atoms with E-state index >= 15 is 0 Å². The zero-order valence-electron chi connectivity index (χ0n) is 14.0. The number of likely N-dealkylation sites (tertiary alicyclic amines) is 1. The van der Waals surface area contributed by atoms with Crippen molar-refractivity contribution < 1.29 is 0 Å². The first-order valence-corrected chi connectivity index (χ1v) is 9.61. The normalized spacial score (nSPS) is 18.8. The third-order valence-corrected chi connectivity index (χ3v) is 5.94. The van der Waals surface area contributed by atoms with Crippen LogP contribution in [0.4, 0.5) is 0 Å². The number of nitrogens with zero attached hydrogens (tertiary/aromatic N) is 5. The van der Waals surface area contributed by atoms with Gasteiger partial charge in [-0.1, -0.05) is 17.7 Å². The van der Waals surface area contributed by atoms with Gasteiger partial charge in [0, 0.05) is 29.2 Å². The highest BCUT2D eigenvalue weighted by atomic mass is 79.9. The molecule has 0 radical (unpaired) electrons. The average molecular weight is 421 g/mol. The Hall–Kier alpha value is -1.50. The molecule has 4 rings (SSSR count). The van der Waals surface area contributed by atoms with Crippen LogP contribution in [0.5, 0.6) is 0 Å². The molecule has 1 aliphatic rings. The topological polar surface area (TPSA) is 46.3 Å². The summed E-state index contributed by atoms with van der Waals surface area (Å²) >= 11 is 9.62. The fourth-order valence-corrected chi connectivity index (χ4v) is 4.13. The van der Waals surface area contributed by atoms with Gasteiger partial charge in [-0.2, -0.15) is 10.1 Å². The summed E-state index contributed by atoms with van der Waals surface area (Å²) in [6.45, 7) is 5.07. The Morgan fingerprint density at radius 1 is 1.32 bits per heavy atom. The Labute approximate surface area is 160 Å². The third-order valence-electron chi connectivity index (χ3n) is 4.72. The highest BCUT2D eigenvalue weighted by molar-refractivity contribution is 9.10. The summed E-state index contributed by atoms with van der Waals surface area (Å²) in [5.41, 5.74) is 3.48. The highest BCUT2D eigenvalue weighted by Crippen LogP contribution is 2.29. The molecule has 7 heteroatoms. The highest BCUT2D eigenvalue weighted by Gasteiger charge is 2.24. The maximum Gasteiger partial charge on any atom is 0.252 e. The lowest BCUT2D eigenvalue weighted by molar-refractivity contribution is 0.197. The van der Waals surface area contributed by atoms with E-state index in [0.717, 1.165) is 34.8 Å². The van der Waals surface area contributed by atoms with Gasteiger partial charge in [-0.3, -0.25) is 4.90 Å². The Morgan fingerprint density at radius 3 is 3.04 bits per heavy atom. The lowest BCUT2D eigenvalue weighted by Crippen LogP contribution is -2.34. The molecule has 1 saturated heterocycles. The fraction of sp³-hybridized carbons (Fsp3) is 0.389. The molecule has 0 N–H and O–H groups in total. The van der Waals surface area contributed by atoms with Crippen molar-refractivity contribution in [1.82, 2.24) is 24.5 Å². The van der Waals surface area contributed by atoms with E-state index in [4.69, 9.17) is 11.6 Å². The van der Waals surface area contributed by atoms with Gasteiger partial charge in [-0.05, 0) is 66.0 Å². The van der Waals surface area contributed by atoms with E-state index < -0.39 is 0 Å². The standard InChI is InChI=1S/C18H19BrClN5/c1-12-7-17(25-18(23-12)21-11-22-25)14-3-2-6-24(10-14)9-13-4-5-16(20)15(19)8-13/h4-5,7-8,11,14H,2-3,6,9-10H2,1H3. The molecule has 25 heavy (non-hydrogen) atoms. The summed E-state index contributed by atoms with van der Waals surface area (Å²) < 4.78 is 2.84. The number of aromatic nitrogens is 4. The predicted octanol–water partition coefficient (Wildman–Crippen LogP) is 4.23. The molecule has 1 unspecified atom stereocenters. The van der Waals surface area contributed by atoms with Crippen molar-refractivity contribution in [2.75, 3.05) is 13.1 Å². The molecule has 1 aliphatic heterocycles. The lowest BCUT2D eigenvalue weighted by atomic mass is 9.93. The smallest absolute Gasteiger partial charge is 0.252 e. The Morgan fingerprint density at radius 2 is 2.20 bits per heavy atom. The summed E-state index contributed by atoms with van der Waals surface area (Å²) in [6.07, 6.45) is 3.92. The average Bonchev–Trinajstić information content (AvgIpc) is 3.06. The van der Waals surface area contributed by atoms with Crippen LogP contribution in [0.2, 0.25) is 5.02 Å². The van der Waals surface area contributed by atoms with Crippen LogP contribution >= 0.6 is 27.5 Å². The summed E-state index contributed by atoms with van der Waals surface area (Å²) in [4.78, 5) is 11.2. The zero-order valence-corrected chi connectivity index (χ0v) is 16.3. The van der Waals surface area contributed by atoms with Gasteiger partial charge in [0.2, 0.25) is 0 Å². The summed E-state index contributed by atoms with van der Waals surface area (Å²) in [5.74, 6) is 1.13. The molecule has 3 aromatic rings. The summed E-state index contributed by atoms with van der Waals surface area (Å²) in [7, 11) is 0. The second kappa shape index (κ2) is 7.02. The van der Waals surface area contributed by atoms with E-state index in [1.54, 1.807) is 6.33 Å². The molecule has 0 spiro atoms. The van der Waals surface area contributed by atoms with Gasteiger partial charge in [0.1, 0.15) is 6.33 Å². The van der Waals surface area contributed by atoms with Crippen molar-refractivity contribution in [2.24, 2.45) is 0 Å². The first-order chi connectivity index (χ1) is 12.1. The van der Waals surface area contributed by atoms with E-state index in [9.17, 15) is 0 Å². The van der Waals surface area contributed by atoms with Crippen LogP contribution in [0.3, 0.4) is 0 Å². The molecule has 0 bridgehead atoms. The van der Waals surface area contributed by atoms with Gasteiger partial charge in [0.05, 0.1) is 10.7 Å². The molecular weight excluding hydrogens is 402 g/mol. The number of benzene rings is 1. The predicted molar refractivity (Wildman–Crippen MR) is 102 cm³/mol. The number of piperidine rings is 1. The maximum absolute atomic E-state index is 6.10. The van der Waals surface area contributed by atoms with Crippen LogP contribution in [-0.2, 0) is 6.54 Å². The number of hydrogen-bond donors (Lipinski definition) is 0. The van der Waals surface area contributed by atoms with Gasteiger partial charge in [-0.25, -0.2) is 9.50 Å². The second-order valence-electron chi connectivity index (χ2n) is 6.62. The Kier molecular flexibility index (Phi) is 4.75. The van der Waals surface area contributed by atoms with E-state index in [2.05, 4.69) is 54.1 Å². The van der Waals surface area contributed by atoms with Crippen LogP contribution in [0.15, 0.2) is 35.1 Å². The van der Waals surface area contributed by atoms with Crippen LogP contribution in [0.1, 0.15) is 35.7 Å². The molecule has 1 aromatic carbocycles. The van der Waals surface area contributed by atoms with Gasteiger partial charge < -0.3 is 0 Å². The van der Waals surface area contributed by atoms with Crippen molar-refractivity contribution >= 4 is 33.3 Å². The molecule has 1 fully saturated rings. The van der Waals surface area contributed by atoms with Crippen LogP contribution in [-0.4, -0.2) is 37.6 Å². The number of aryl methyl sites for hydroxylation is 1. The van der Waals surface area contributed by atoms with Crippen molar-refractivity contribution in [2.45, 2.75) is 32.2 Å². The van der Waals surface area contributed by atoms with Crippen molar-refractivity contribution in [1.29, 1.82) is 0 Å². The molecule has 5 nitrogen and oxygen atoms in total. The number of fused-ring (bicyclic) bond motifs is 1. The molecular formula is C18H19BrClN5. The van der Waals surface area contributed by atoms with E-state index in [1.807, 2.05) is 17.5 Å². The molecule has 1 atom stereocenters. The minimum absolute atomic E-state index is 0.440. The molecule has 3 heterocycles. The SMILES string of the molecule is Cc1cc(C2CCCN(Cc3ccc(Cl)c(Br)c3)C2)n2ncnc2n1. The maximum atomic E-state index is 6.10. The Balaban J connectivity index is 1.56. The number of hydrogen-bond acceptors (Lipinski definition) is 4. The van der Waals surface area contributed by atoms with Gasteiger partial charge in [0.15, 0.2) is 0 Å². The molecule has 2 aromatic heterocycles. The second-order valence-corrected chi connectivity index (χ2v) is 7.88. The minimum Gasteiger partial charge on any atom is -0.298 e. The quantitative estimate of drug-likeness (QED) is 0.636. The fourth-order valence-electron chi connectivity index (χ4n) is 3.59. The van der Waals surface area contributed by atoms with Gasteiger partial charge in [0.25, 0.3) is 5.78 Å². The summed E-state index contributed by atoms with van der Waals surface area (Å²) in [5, 5.41) is 5.12. The van der Waals surface area contributed by atoms with Gasteiger partial charge in [-0.15, -0.1) is 0 Å². The first-order valence-electron chi connectivity index (χ1n) is 8.44. The third kappa shape index (κ3) is 3.57. The monoisotopic (exact) mass is 419 g/mol. The first kappa shape index (κ1) is 16.9. The van der Waals surface area contributed by atoms with Crippen molar-refractivity contribution in [3.63, 3.8) is 0 Å². The van der Waals surface area contributed by atoms with Crippen LogP contribution < -0.4 is 0 Å². The van der Waals surface area contributed by atoms with Crippen LogP contribution in [0, 0.1) is 6.92 Å². The minimum atomic E-state index is 0.440. The Bertz CT molecular complexity index is 910. The molecule has 130 valence electrons. The summed E-state index contributed by atoms with van der Waals surface area (Å²) in [6, 6.07) is 8.31. The lowest BCUT2D eigenvalue weighted by Gasteiger charge is -2.33. The van der Waals surface area contributed by atoms with Crippen molar-refractivity contribution in [3.05, 3.63) is 57.0 Å². The molecule has 0 amide bonds. The zero-order chi connectivity index (χ0) is 17.4.